The lowest BCUT2D eigenvalue weighted by atomic mass is 10.1. The summed E-state index contributed by atoms with van der Waals surface area (Å²) in [6.07, 6.45) is 1.59. The largest absolute Gasteiger partial charge is 0.452 e. The summed E-state index contributed by atoms with van der Waals surface area (Å²) < 4.78 is 39.1. The van der Waals surface area contributed by atoms with E-state index in [1.807, 2.05) is 30.3 Å². The summed E-state index contributed by atoms with van der Waals surface area (Å²) in [5.74, 6) is 0.585. The molecule has 1 aliphatic heterocycles. The number of carbonyl (C=O) groups is 1. The van der Waals surface area contributed by atoms with E-state index in [0.717, 1.165) is 5.56 Å². The summed E-state index contributed by atoms with van der Waals surface area (Å²) in [6, 6.07) is 22.5. The lowest BCUT2D eigenvalue weighted by Gasteiger charge is -2.07. The molecule has 0 spiro atoms. The summed E-state index contributed by atoms with van der Waals surface area (Å²) in [6.45, 7) is -0.100. The number of carbonyl (C=O) groups excluding carboxylic acids is 1. The van der Waals surface area contributed by atoms with Gasteiger partial charge in [0.15, 0.2) is 18.2 Å². The van der Waals surface area contributed by atoms with E-state index in [1.165, 1.54) is 6.07 Å². The van der Waals surface area contributed by atoms with Gasteiger partial charge < -0.3 is 14.5 Å². The van der Waals surface area contributed by atoms with E-state index in [2.05, 4.69) is 14.7 Å². The van der Waals surface area contributed by atoms with Crippen LogP contribution in [0.25, 0.3) is 11.3 Å². The van der Waals surface area contributed by atoms with Crippen LogP contribution in [0.3, 0.4) is 0 Å². The van der Waals surface area contributed by atoms with Crippen LogP contribution in [0.4, 0.5) is 5.69 Å². The Morgan fingerprint density at radius 3 is 2.45 bits per heavy atom. The maximum Gasteiger partial charge on any atom is 0.338 e. The number of nitrogens with zero attached hydrogens (tertiary/aromatic N) is 2. The Balaban J connectivity index is 1.22. The third-order valence-corrected chi connectivity index (χ3v) is 6.29. The number of aromatic nitrogens is 1. The fourth-order valence-corrected chi connectivity index (χ4v) is 4.52. The average Bonchev–Trinajstić information content (AvgIpc) is 3.41. The van der Waals surface area contributed by atoms with Crippen LogP contribution in [0.5, 0.6) is 0 Å². The molecule has 33 heavy (non-hydrogen) atoms. The van der Waals surface area contributed by atoms with E-state index >= 15 is 0 Å². The molecule has 0 amide bonds. The first-order chi connectivity index (χ1) is 16.0. The van der Waals surface area contributed by atoms with Gasteiger partial charge in [-0.3, -0.25) is 0 Å². The van der Waals surface area contributed by atoms with Crippen LogP contribution in [0, 0.1) is 0 Å². The first kappa shape index (κ1) is 20.7. The van der Waals surface area contributed by atoms with Gasteiger partial charge in [-0.15, -0.1) is 4.40 Å². The van der Waals surface area contributed by atoms with Crippen molar-refractivity contribution in [2.45, 2.75) is 11.5 Å². The van der Waals surface area contributed by atoms with Crippen molar-refractivity contribution in [3.05, 3.63) is 102 Å². The summed E-state index contributed by atoms with van der Waals surface area (Å²) >= 11 is 0. The van der Waals surface area contributed by atoms with Gasteiger partial charge in [0.05, 0.1) is 11.8 Å². The smallest absolute Gasteiger partial charge is 0.338 e. The summed E-state index contributed by atoms with van der Waals surface area (Å²) in [4.78, 5) is 16.7. The standard InChI is InChI=1S/C24H17N3O5S/c28-24(31-15-22-25-14-20(32-22)16-6-2-1-3-7-16)17-10-12-18(13-11-17)26-23-19-8-4-5-9-21(19)33(29,30)27-23/h1-14H,15H2,(H,26,27). The third-order valence-electron chi connectivity index (χ3n) is 4.95. The number of fused-ring (bicyclic) bond motifs is 1. The number of esters is 1. The molecule has 3 aromatic carbocycles. The van der Waals surface area contributed by atoms with Crippen molar-refractivity contribution in [2.75, 3.05) is 5.32 Å². The Bertz CT molecular complexity index is 1460. The van der Waals surface area contributed by atoms with Crippen LogP contribution < -0.4 is 5.32 Å². The Morgan fingerprint density at radius 2 is 1.67 bits per heavy atom. The maximum atomic E-state index is 12.4. The molecular formula is C24H17N3O5S. The quantitative estimate of drug-likeness (QED) is 0.444. The number of hydrogen-bond acceptors (Lipinski definition) is 7. The second kappa shape index (κ2) is 8.36. The fraction of sp³-hybridized carbons (Fsp3) is 0.0417. The molecule has 4 aromatic rings. The molecule has 0 atom stereocenters. The number of nitrogens with one attached hydrogen (secondary N) is 1. The molecule has 0 aliphatic carbocycles. The molecule has 1 N–H and O–H groups in total. The van der Waals surface area contributed by atoms with Gasteiger partial charge in [-0.25, -0.2) is 9.78 Å². The van der Waals surface area contributed by atoms with Gasteiger partial charge in [0.25, 0.3) is 10.0 Å². The lowest BCUT2D eigenvalue weighted by molar-refractivity contribution is 0.0439. The first-order valence-electron chi connectivity index (χ1n) is 9.98. The second-order valence-corrected chi connectivity index (χ2v) is 8.75. The van der Waals surface area contributed by atoms with Crippen molar-refractivity contribution < 1.29 is 22.4 Å². The highest BCUT2D eigenvalue weighted by Crippen LogP contribution is 2.27. The SMILES string of the molecule is O=C(OCc1ncc(-c2ccccc2)o1)c1ccc(NC2=NS(=O)(=O)c3ccccc32)cc1. The van der Waals surface area contributed by atoms with E-state index in [-0.39, 0.29) is 17.3 Å². The van der Waals surface area contributed by atoms with Gasteiger partial charge in [-0.05, 0) is 36.4 Å². The van der Waals surface area contributed by atoms with Gasteiger partial charge in [0, 0.05) is 16.8 Å². The molecule has 1 aliphatic rings. The molecule has 5 rings (SSSR count). The number of benzene rings is 3. The van der Waals surface area contributed by atoms with Crippen LogP contribution in [0.1, 0.15) is 21.8 Å². The van der Waals surface area contributed by atoms with Crippen LogP contribution in [0.2, 0.25) is 0 Å². The minimum atomic E-state index is -3.71. The highest BCUT2D eigenvalue weighted by molar-refractivity contribution is 7.90. The Labute approximate surface area is 189 Å². The molecule has 164 valence electrons. The topological polar surface area (TPSA) is 111 Å². The predicted octanol–water partition coefficient (Wildman–Crippen LogP) is 4.26. The number of ether oxygens (including phenoxy) is 1. The molecule has 9 heteroatoms. The van der Waals surface area contributed by atoms with E-state index in [9.17, 15) is 13.2 Å². The van der Waals surface area contributed by atoms with Gasteiger partial charge in [0.2, 0.25) is 5.89 Å². The van der Waals surface area contributed by atoms with Crippen LogP contribution >= 0.6 is 0 Å². The molecule has 1 aromatic heterocycles. The van der Waals surface area contributed by atoms with Crippen molar-refractivity contribution in [1.82, 2.24) is 4.98 Å². The zero-order valence-corrected chi connectivity index (χ0v) is 18.0. The highest BCUT2D eigenvalue weighted by atomic mass is 32.2. The average molecular weight is 459 g/mol. The monoisotopic (exact) mass is 459 g/mol. The van der Waals surface area contributed by atoms with Gasteiger partial charge in [-0.2, -0.15) is 8.42 Å². The van der Waals surface area contributed by atoms with Crippen molar-refractivity contribution >= 4 is 27.5 Å². The number of anilines is 1. The normalized spacial score (nSPS) is 13.8. The maximum absolute atomic E-state index is 12.4. The van der Waals surface area contributed by atoms with Crippen molar-refractivity contribution in [1.29, 1.82) is 0 Å². The molecule has 0 fully saturated rings. The van der Waals surface area contributed by atoms with E-state index in [0.29, 0.717) is 28.5 Å². The molecule has 0 unspecified atom stereocenters. The molecule has 0 saturated heterocycles. The summed E-state index contributed by atoms with van der Waals surface area (Å²) in [7, 11) is -3.71. The van der Waals surface area contributed by atoms with Crippen LogP contribution in [0.15, 0.2) is 98.8 Å². The Morgan fingerprint density at radius 1 is 0.939 bits per heavy atom. The van der Waals surface area contributed by atoms with Crippen molar-refractivity contribution in [3.8, 4) is 11.3 Å². The fourth-order valence-electron chi connectivity index (χ4n) is 3.35. The number of hydrogen-bond donors (Lipinski definition) is 1. The molecule has 2 heterocycles. The summed E-state index contributed by atoms with van der Waals surface area (Å²) in [5.41, 5.74) is 2.30. The van der Waals surface area contributed by atoms with E-state index in [4.69, 9.17) is 9.15 Å². The Kier molecular flexibility index (Phi) is 5.23. The molecule has 0 bridgehead atoms. The van der Waals surface area contributed by atoms with E-state index in [1.54, 1.807) is 48.7 Å². The van der Waals surface area contributed by atoms with Crippen LogP contribution in [-0.2, 0) is 21.4 Å². The summed E-state index contributed by atoms with van der Waals surface area (Å²) in [5, 5.41) is 2.99. The number of amidine groups is 1. The first-order valence-corrected chi connectivity index (χ1v) is 11.4. The molecular weight excluding hydrogens is 442 g/mol. The van der Waals surface area contributed by atoms with E-state index < -0.39 is 16.0 Å². The number of sulfonamides is 1. The molecule has 8 nitrogen and oxygen atoms in total. The van der Waals surface area contributed by atoms with Gasteiger partial charge >= 0.3 is 5.97 Å². The number of rotatable bonds is 5. The van der Waals surface area contributed by atoms with Crippen LogP contribution in [-0.4, -0.2) is 25.2 Å². The number of oxazole rings is 1. The van der Waals surface area contributed by atoms with Gasteiger partial charge in [-0.1, -0.05) is 42.5 Å². The zero-order valence-electron chi connectivity index (χ0n) is 17.1. The van der Waals surface area contributed by atoms with Gasteiger partial charge in [0.1, 0.15) is 4.90 Å². The minimum Gasteiger partial charge on any atom is -0.452 e. The Hall–Kier alpha value is -4.24. The third kappa shape index (κ3) is 4.26. The minimum absolute atomic E-state index is 0.100. The van der Waals surface area contributed by atoms with Crippen molar-refractivity contribution in [2.24, 2.45) is 4.40 Å². The molecule has 0 radical (unpaired) electrons. The highest BCUT2D eigenvalue weighted by Gasteiger charge is 2.28. The van der Waals surface area contributed by atoms with Crippen molar-refractivity contribution in [3.63, 3.8) is 0 Å². The zero-order chi connectivity index (χ0) is 22.8. The second-order valence-electron chi connectivity index (χ2n) is 7.17. The lowest BCUT2D eigenvalue weighted by Crippen LogP contribution is -2.11. The predicted molar refractivity (Wildman–Crippen MR) is 121 cm³/mol. The molecule has 0 saturated carbocycles.